The molecule has 2 aromatic carbocycles. The number of rotatable bonds is 6. The van der Waals surface area contributed by atoms with Crippen LogP contribution >= 0.6 is 0 Å². The van der Waals surface area contributed by atoms with Crippen molar-refractivity contribution in [2.75, 3.05) is 56.6 Å². The molecular weight excluding hydrogens is 416 g/mol. The first-order valence-corrected chi connectivity index (χ1v) is 11.7. The number of piperidine rings is 1. The third-order valence-corrected chi connectivity index (χ3v) is 6.32. The number of amides is 1. The molecule has 172 valence electrons. The Hall–Kier alpha value is -3.23. The van der Waals surface area contributed by atoms with Crippen molar-refractivity contribution in [3.8, 4) is 0 Å². The molecule has 2 fully saturated rings. The van der Waals surface area contributed by atoms with E-state index in [0.717, 1.165) is 41.9 Å². The molecule has 0 spiro atoms. The van der Waals surface area contributed by atoms with Gasteiger partial charge in [0.05, 0.1) is 18.7 Å². The Morgan fingerprint density at radius 3 is 2.61 bits per heavy atom. The molecule has 3 heterocycles. The van der Waals surface area contributed by atoms with Crippen LogP contribution in [0.4, 0.5) is 17.3 Å². The lowest BCUT2D eigenvalue weighted by Crippen LogP contribution is -2.40. The fraction of sp³-hybridized carbons (Fsp3) is 0.400. The molecule has 8 heteroatoms. The number of nitrogens with zero attached hydrogens (tertiary/aromatic N) is 3. The molecule has 0 aliphatic carbocycles. The number of carbonyl (C=O) groups excluding carboxylic acids is 1. The van der Waals surface area contributed by atoms with E-state index in [0.29, 0.717) is 43.7 Å². The lowest BCUT2D eigenvalue weighted by molar-refractivity contribution is 0.0303. The Bertz CT molecular complexity index is 1090. The first-order valence-electron chi connectivity index (χ1n) is 11.7. The minimum Gasteiger partial charge on any atom is -0.385 e. The molecule has 0 saturated carbocycles. The van der Waals surface area contributed by atoms with E-state index in [1.54, 1.807) is 0 Å². The van der Waals surface area contributed by atoms with Crippen LogP contribution in [0.3, 0.4) is 0 Å². The van der Waals surface area contributed by atoms with E-state index >= 15 is 0 Å². The second kappa shape index (κ2) is 10.1. The maximum atomic E-state index is 12.6. The number of morpholine rings is 1. The summed E-state index contributed by atoms with van der Waals surface area (Å²) in [7, 11) is 0. The van der Waals surface area contributed by atoms with Crippen LogP contribution in [0, 0.1) is 5.92 Å². The Morgan fingerprint density at radius 1 is 1.06 bits per heavy atom. The molecule has 1 amide bonds. The molecule has 8 nitrogen and oxygen atoms in total. The Kier molecular flexibility index (Phi) is 6.64. The fourth-order valence-corrected chi connectivity index (χ4v) is 4.32. The van der Waals surface area contributed by atoms with Crippen LogP contribution in [-0.4, -0.2) is 66.7 Å². The average Bonchev–Trinajstić information content (AvgIpc) is 2.88. The zero-order valence-corrected chi connectivity index (χ0v) is 18.7. The number of anilines is 3. The summed E-state index contributed by atoms with van der Waals surface area (Å²) in [5.41, 5.74) is 3.48. The number of benzene rings is 2. The maximum absolute atomic E-state index is 12.6. The predicted molar refractivity (Wildman–Crippen MR) is 130 cm³/mol. The first kappa shape index (κ1) is 21.6. The van der Waals surface area contributed by atoms with Gasteiger partial charge in [-0.15, -0.1) is 0 Å². The zero-order valence-electron chi connectivity index (χ0n) is 18.7. The monoisotopic (exact) mass is 446 g/mol. The van der Waals surface area contributed by atoms with E-state index in [4.69, 9.17) is 9.72 Å². The highest BCUT2D eigenvalue weighted by Gasteiger charge is 2.18. The molecule has 2 aliphatic rings. The van der Waals surface area contributed by atoms with Gasteiger partial charge in [0, 0.05) is 48.2 Å². The summed E-state index contributed by atoms with van der Waals surface area (Å²) >= 11 is 0. The topological polar surface area (TPSA) is 91.4 Å². The van der Waals surface area contributed by atoms with Gasteiger partial charge in [-0.05, 0) is 74.3 Å². The largest absolute Gasteiger partial charge is 0.385 e. The van der Waals surface area contributed by atoms with Crippen LogP contribution in [0.5, 0.6) is 0 Å². The molecule has 1 aromatic heterocycles. The van der Waals surface area contributed by atoms with Gasteiger partial charge in [0.25, 0.3) is 5.91 Å². The highest BCUT2D eigenvalue weighted by Crippen LogP contribution is 2.22. The lowest BCUT2D eigenvalue weighted by atomic mass is 9.98. The second-order valence-electron chi connectivity index (χ2n) is 8.65. The van der Waals surface area contributed by atoms with Crippen molar-refractivity contribution in [2.45, 2.75) is 12.8 Å². The summed E-state index contributed by atoms with van der Waals surface area (Å²) in [6.45, 7) is 5.67. The molecule has 0 bridgehead atoms. The molecule has 5 rings (SSSR count). The minimum atomic E-state index is 0.0383. The summed E-state index contributed by atoms with van der Waals surface area (Å²) in [4.78, 5) is 23.6. The first-order chi connectivity index (χ1) is 16.2. The molecular formula is C25H30N6O2. The molecule has 2 saturated heterocycles. The molecule has 2 aliphatic heterocycles. The van der Waals surface area contributed by atoms with Gasteiger partial charge in [0.15, 0.2) is 0 Å². The van der Waals surface area contributed by atoms with Gasteiger partial charge in [-0.25, -0.2) is 9.97 Å². The summed E-state index contributed by atoms with van der Waals surface area (Å²) in [6, 6.07) is 13.7. The van der Waals surface area contributed by atoms with Crippen LogP contribution in [-0.2, 0) is 4.74 Å². The van der Waals surface area contributed by atoms with Crippen LogP contribution in [0.2, 0.25) is 0 Å². The third-order valence-electron chi connectivity index (χ3n) is 6.32. The quantitative estimate of drug-likeness (QED) is 0.535. The second-order valence-corrected chi connectivity index (χ2v) is 8.65. The minimum absolute atomic E-state index is 0.0383. The number of carbonyl (C=O) groups is 1. The molecule has 3 N–H and O–H groups in total. The van der Waals surface area contributed by atoms with E-state index in [2.05, 4.69) is 39.1 Å². The number of nitrogens with one attached hydrogen (secondary N) is 3. The summed E-state index contributed by atoms with van der Waals surface area (Å²) in [5.74, 6) is 1.28. The predicted octanol–water partition coefficient (Wildman–Crippen LogP) is 3.26. The Morgan fingerprint density at radius 2 is 1.82 bits per heavy atom. The summed E-state index contributed by atoms with van der Waals surface area (Å²) in [6.07, 6.45) is 4.26. The molecule has 0 unspecified atom stereocenters. The smallest absolute Gasteiger partial charge is 0.254 e. The average molecular weight is 447 g/mol. The Labute approximate surface area is 193 Å². The highest BCUT2D eigenvalue weighted by molar-refractivity contribution is 5.94. The molecule has 0 radical (unpaired) electrons. The lowest BCUT2D eigenvalue weighted by Gasteiger charge is -2.26. The van der Waals surface area contributed by atoms with Crippen molar-refractivity contribution in [1.82, 2.24) is 20.2 Å². The van der Waals surface area contributed by atoms with E-state index < -0.39 is 0 Å². The van der Waals surface area contributed by atoms with Gasteiger partial charge in [0.1, 0.15) is 0 Å². The van der Waals surface area contributed by atoms with Gasteiger partial charge < -0.3 is 25.6 Å². The van der Waals surface area contributed by atoms with Gasteiger partial charge in [-0.1, -0.05) is 0 Å². The summed E-state index contributed by atoms with van der Waals surface area (Å²) < 4.78 is 5.33. The standard InChI is InChI=1S/C25H30N6O2/c32-24(31-11-13-33-14-12-31)19-1-4-21(5-2-19)29-25-28-17-20-3-6-22(15-23(20)30-25)27-16-18-7-9-26-10-8-18/h1-6,15,17-18,26-27H,7-14,16H2,(H,28,29,30). The van der Waals surface area contributed by atoms with Gasteiger partial charge in [-0.2, -0.15) is 0 Å². The van der Waals surface area contributed by atoms with E-state index in [9.17, 15) is 4.79 Å². The van der Waals surface area contributed by atoms with E-state index in [1.807, 2.05) is 35.4 Å². The number of fused-ring (bicyclic) bond motifs is 1. The van der Waals surface area contributed by atoms with Crippen LogP contribution in [0.25, 0.3) is 10.9 Å². The van der Waals surface area contributed by atoms with Crippen molar-refractivity contribution >= 4 is 34.1 Å². The van der Waals surface area contributed by atoms with Gasteiger partial charge >= 0.3 is 0 Å². The highest BCUT2D eigenvalue weighted by atomic mass is 16.5. The number of ether oxygens (including phenoxy) is 1. The van der Waals surface area contributed by atoms with E-state index in [1.165, 1.54) is 12.8 Å². The molecule has 3 aromatic rings. The number of aromatic nitrogens is 2. The summed E-state index contributed by atoms with van der Waals surface area (Å²) in [5, 5.41) is 11.2. The molecule has 33 heavy (non-hydrogen) atoms. The number of hydrogen-bond acceptors (Lipinski definition) is 7. The Balaban J connectivity index is 1.24. The SMILES string of the molecule is O=C(c1ccc(Nc2ncc3ccc(NCC4CCNCC4)cc3n2)cc1)N1CCOCC1. The maximum Gasteiger partial charge on any atom is 0.254 e. The number of hydrogen-bond donors (Lipinski definition) is 3. The normalized spacial score (nSPS) is 17.2. The van der Waals surface area contributed by atoms with Crippen LogP contribution in [0.15, 0.2) is 48.7 Å². The third kappa shape index (κ3) is 5.40. The van der Waals surface area contributed by atoms with Crippen molar-refractivity contribution in [3.05, 3.63) is 54.2 Å². The van der Waals surface area contributed by atoms with Crippen molar-refractivity contribution in [2.24, 2.45) is 5.92 Å². The zero-order chi connectivity index (χ0) is 22.5. The van der Waals surface area contributed by atoms with E-state index in [-0.39, 0.29) is 5.91 Å². The van der Waals surface area contributed by atoms with Crippen molar-refractivity contribution in [1.29, 1.82) is 0 Å². The van der Waals surface area contributed by atoms with Gasteiger partial charge in [0.2, 0.25) is 5.95 Å². The van der Waals surface area contributed by atoms with Crippen LogP contribution in [0.1, 0.15) is 23.2 Å². The van der Waals surface area contributed by atoms with Crippen molar-refractivity contribution in [3.63, 3.8) is 0 Å². The van der Waals surface area contributed by atoms with Gasteiger partial charge in [-0.3, -0.25) is 4.79 Å². The van der Waals surface area contributed by atoms with Crippen molar-refractivity contribution < 1.29 is 9.53 Å². The van der Waals surface area contributed by atoms with Crippen LogP contribution < -0.4 is 16.0 Å². The molecule has 0 atom stereocenters. The fourth-order valence-electron chi connectivity index (χ4n) is 4.32.